The van der Waals surface area contributed by atoms with Gasteiger partial charge in [-0.15, -0.1) is 17.8 Å². The van der Waals surface area contributed by atoms with Crippen LogP contribution in [0.1, 0.15) is 49.6 Å². The van der Waals surface area contributed by atoms with Crippen molar-refractivity contribution >= 4 is 28.1 Å². The number of ether oxygens (including phenoxy) is 2. The normalized spacial score (nSPS) is 28.9. The fraction of sp³-hybridized carbons (Fsp3) is 0.556. The lowest BCUT2D eigenvalue weighted by atomic mass is 9.47. The molecule has 4 N–H and O–H groups in total. The summed E-state index contributed by atoms with van der Waals surface area (Å²) in [5, 5.41) is 28.2. The Labute approximate surface area is 216 Å². The highest BCUT2D eigenvalue weighted by Crippen LogP contribution is 2.63. The fourth-order valence-electron chi connectivity index (χ4n) is 6.13. The van der Waals surface area contributed by atoms with Gasteiger partial charge in [0.25, 0.3) is 0 Å². The lowest BCUT2D eigenvalue weighted by Crippen LogP contribution is -2.57. The summed E-state index contributed by atoms with van der Waals surface area (Å²) in [5.74, 6) is 3.48. The Morgan fingerprint density at radius 3 is 2.78 bits per heavy atom. The number of nitrogens with zero attached hydrogens (tertiary/aromatic N) is 1. The van der Waals surface area contributed by atoms with Crippen LogP contribution >= 0.6 is 11.3 Å². The average molecular weight is 514 g/mol. The number of thiazole rings is 1. The summed E-state index contributed by atoms with van der Waals surface area (Å²) in [6, 6.07) is 5.51. The first-order chi connectivity index (χ1) is 17.2. The minimum absolute atomic E-state index is 0.0173. The van der Waals surface area contributed by atoms with Crippen LogP contribution in [0.2, 0.25) is 0 Å². The number of aliphatic hydroxyl groups is 2. The molecule has 2 aromatic rings. The van der Waals surface area contributed by atoms with Gasteiger partial charge < -0.3 is 30.3 Å². The summed E-state index contributed by atoms with van der Waals surface area (Å²) in [6.07, 6.45) is 6.97. The van der Waals surface area contributed by atoms with E-state index in [-0.39, 0.29) is 42.7 Å². The first-order valence-corrected chi connectivity index (χ1v) is 13.0. The number of carbonyl (C=O) groups excluding carboxylic acids is 1. The number of terminal acetylenes is 1. The van der Waals surface area contributed by atoms with Crippen molar-refractivity contribution in [2.75, 3.05) is 32.7 Å². The van der Waals surface area contributed by atoms with Crippen molar-refractivity contribution in [3.8, 4) is 23.8 Å². The number of nitrogens with one attached hydrogen (secondary N) is 2. The van der Waals surface area contributed by atoms with Crippen molar-refractivity contribution in [3.63, 3.8) is 0 Å². The highest BCUT2D eigenvalue weighted by atomic mass is 32.1. The molecule has 0 aliphatic heterocycles. The highest BCUT2D eigenvalue weighted by molar-refractivity contribution is 7.15. The number of rotatable bonds is 8. The minimum atomic E-state index is -0.675. The smallest absolute Gasteiger partial charge is 0.221 e. The largest absolute Gasteiger partial charge is 0.497 e. The molecule has 2 aliphatic rings. The van der Waals surface area contributed by atoms with Gasteiger partial charge in [0.05, 0.1) is 44.9 Å². The van der Waals surface area contributed by atoms with Gasteiger partial charge in [0.1, 0.15) is 11.5 Å². The number of methoxy groups -OCH3 is 2. The van der Waals surface area contributed by atoms with E-state index in [4.69, 9.17) is 20.9 Å². The molecular formula is C27H35N3O5S. The maximum Gasteiger partial charge on any atom is 0.221 e. The van der Waals surface area contributed by atoms with Gasteiger partial charge in [-0.2, -0.15) is 0 Å². The summed E-state index contributed by atoms with van der Waals surface area (Å²) in [4.78, 5) is 18.9. The van der Waals surface area contributed by atoms with Crippen LogP contribution in [0.4, 0.5) is 10.8 Å². The van der Waals surface area contributed by atoms with E-state index in [2.05, 4.69) is 23.5 Å². The standard InChI is InChI=1S/C27H35N3O5S/c1-6-11-28-23(33)13-17-24-20(14-21-26(17,2)10-9-22(32)27(21,3)15-31)36-25(30-24)29-18-12-16(34-4)7-8-19(18)35-5/h1,7-8,12,17,21-22,31-32H,9-11,13-15H2,2-5H3,(H,28,33)(H,29,30). The Morgan fingerprint density at radius 1 is 1.33 bits per heavy atom. The van der Waals surface area contributed by atoms with Gasteiger partial charge in [0.2, 0.25) is 5.91 Å². The topological polar surface area (TPSA) is 113 Å². The molecule has 0 bridgehead atoms. The molecule has 1 aromatic heterocycles. The molecule has 4 rings (SSSR count). The van der Waals surface area contributed by atoms with Gasteiger partial charge in [0.15, 0.2) is 5.13 Å². The third-order valence-corrected chi connectivity index (χ3v) is 9.33. The van der Waals surface area contributed by atoms with Gasteiger partial charge >= 0.3 is 0 Å². The monoisotopic (exact) mass is 513 g/mol. The number of hydrogen-bond donors (Lipinski definition) is 4. The minimum Gasteiger partial charge on any atom is -0.497 e. The van der Waals surface area contributed by atoms with Crippen molar-refractivity contribution < 1.29 is 24.5 Å². The zero-order valence-corrected chi connectivity index (χ0v) is 22.1. The molecule has 0 spiro atoms. The summed E-state index contributed by atoms with van der Waals surface area (Å²) >= 11 is 1.53. The van der Waals surface area contributed by atoms with Crippen LogP contribution in [0.5, 0.6) is 11.5 Å². The van der Waals surface area contributed by atoms with Crippen molar-refractivity contribution in [2.45, 2.75) is 51.6 Å². The van der Waals surface area contributed by atoms with Crippen LogP contribution in [0.25, 0.3) is 0 Å². The molecule has 0 saturated heterocycles. The molecule has 8 nitrogen and oxygen atoms in total. The Bertz CT molecular complexity index is 1160. The van der Waals surface area contributed by atoms with Crippen molar-refractivity contribution in [1.82, 2.24) is 10.3 Å². The fourth-order valence-corrected chi connectivity index (χ4v) is 7.21. The number of benzene rings is 1. The quantitative estimate of drug-likeness (QED) is 0.400. The maximum absolute atomic E-state index is 12.9. The number of amides is 1. The van der Waals surface area contributed by atoms with E-state index in [0.717, 1.165) is 22.7 Å². The van der Waals surface area contributed by atoms with Gasteiger partial charge in [-0.25, -0.2) is 4.98 Å². The summed E-state index contributed by atoms with van der Waals surface area (Å²) < 4.78 is 10.9. The summed E-state index contributed by atoms with van der Waals surface area (Å²) in [7, 11) is 3.22. The Balaban J connectivity index is 1.75. The Hall–Kier alpha value is -2.80. The molecule has 5 atom stereocenters. The highest BCUT2D eigenvalue weighted by Gasteiger charge is 2.59. The molecule has 9 heteroatoms. The number of anilines is 2. The summed E-state index contributed by atoms with van der Waals surface area (Å²) in [6.45, 7) is 4.19. The zero-order chi connectivity index (χ0) is 26.1. The van der Waals surface area contributed by atoms with Gasteiger partial charge in [-0.05, 0) is 42.7 Å². The van der Waals surface area contributed by atoms with Crippen molar-refractivity contribution in [1.29, 1.82) is 0 Å². The van der Waals surface area contributed by atoms with Crippen LogP contribution in [-0.2, 0) is 11.2 Å². The third kappa shape index (κ3) is 4.54. The first kappa shape index (κ1) is 26.3. The van der Waals surface area contributed by atoms with Crippen molar-refractivity contribution in [2.24, 2.45) is 16.7 Å². The number of carbonyl (C=O) groups is 1. The Kier molecular flexibility index (Phi) is 7.51. The number of aromatic nitrogens is 1. The van der Waals surface area contributed by atoms with Crippen LogP contribution < -0.4 is 20.1 Å². The van der Waals surface area contributed by atoms with E-state index in [1.165, 1.54) is 11.3 Å². The van der Waals surface area contributed by atoms with Crippen molar-refractivity contribution in [3.05, 3.63) is 28.8 Å². The molecular weight excluding hydrogens is 478 g/mol. The number of hydrogen-bond acceptors (Lipinski definition) is 8. The molecule has 1 saturated carbocycles. The zero-order valence-electron chi connectivity index (χ0n) is 21.3. The first-order valence-electron chi connectivity index (χ1n) is 12.2. The van der Waals surface area contributed by atoms with Gasteiger partial charge in [-0.3, -0.25) is 4.79 Å². The van der Waals surface area contributed by atoms with E-state index in [9.17, 15) is 15.0 Å². The SMILES string of the molecule is C#CCNC(=O)CC1c2nc(Nc3cc(OC)ccc3OC)sc2CC2C(C)(CO)C(O)CCC12C. The molecule has 1 heterocycles. The molecule has 194 valence electrons. The lowest BCUT2D eigenvalue weighted by Gasteiger charge is -2.58. The average Bonchev–Trinajstić information content (AvgIpc) is 3.28. The van der Waals surface area contributed by atoms with E-state index in [1.54, 1.807) is 14.2 Å². The molecule has 0 radical (unpaired) electrons. The molecule has 1 fully saturated rings. The van der Waals surface area contributed by atoms with E-state index >= 15 is 0 Å². The van der Waals surface area contributed by atoms with Crippen LogP contribution in [0.3, 0.4) is 0 Å². The molecule has 36 heavy (non-hydrogen) atoms. The molecule has 1 aromatic carbocycles. The second kappa shape index (κ2) is 10.3. The molecule has 2 aliphatic carbocycles. The van der Waals surface area contributed by atoms with Crippen LogP contribution in [0, 0.1) is 29.1 Å². The second-order valence-corrected chi connectivity index (χ2v) is 11.3. The molecule has 5 unspecified atom stereocenters. The maximum atomic E-state index is 12.9. The summed E-state index contributed by atoms with van der Waals surface area (Å²) in [5.41, 5.74) is 0.628. The third-order valence-electron chi connectivity index (χ3n) is 8.32. The number of fused-ring (bicyclic) bond motifs is 2. The Morgan fingerprint density at radius 2 is 2.11 bits per heavy atom. The van der Waals surface area contributed by atoms with E-state index in [0.29, 0.717) is 29.5 Å². The molecule has 1 amide bonds. The van der Waals surface area contributed by atoms with Crippen LogP contribution in [-0.4, -0.2) is 54.6 Å². The predicted octanol–water partition coefficient (Wildman–Crippen LogP) is 3.46. The van der Waals surface area contributed by atoms with E-state index in [1.807, 2.05) is 25.1 Å². The lowest BCUT2D eigenvalue weighted by molar-refractivity contribution is -0.144. The predicted molar refractivity (Wildman–Crippen MR) is 140 cm³/mol. The van der Waals surface area contributed by atoms with Gasteiger partial charge in [0, 0.05) is 28.7 Å². The number of aliphatic hydroxyl groups excluding tert-OH is 2. The van der Waals surface area contributed by atoms with Crippen LogP contribution in [0.15, 0.2) is 18.2 Å². The van der Waals surface area contributed by atoms with E-state index < -0.39 is 11.5 Å². The van der Waals surface area contributed by atoms with Gasteiger partial charge in [-0.1, -0.05) is 19.8 Å². The second-order valence-electron chi connectivity index (χ2n) is 10.2.